The van der Waals surface area contributed by atoms with E-state index >= 15 is 0 Å². The van der Waals surface area contributed by atoms with Gasteiger partial charge in [-0.25, -0.2) is 12.2 Å². The summed E-state index contributed by atoms with van der Waals surface area (Å²) < 4.78 is 2.13. The third-order valence-electron chi connectivity index (χ3n) is 7.86. The number of halogens is 3. The van der Waals surface area contributed by atoms with Crippen molar-refractivity contribution in [1.82, 2.24) is 0 Å². The average molecular weight is 741 g/mol. The molecule has 3 aromatic rings. The van der Waals surface area contributed by atoms with Gasteiger partial charge in [0.25, 0.3) is 0 Å². The Balaban J connectivity index is 0.000000520. The maximum Gasteiger partial charge on any atom is -0.109 e. The van der Waals surface area contributed by atoms with Gasteiger partial charge in [-0.2, -0.15) is 23.8 Å². The molecule has 2 aliphatic rings. The molecule has 5 rings (SSSR count). The molecule has 0 heterocycles. The molecule has 0 radical (unpaired) electrons. The second-order valence-electron chi connectivity index (χ2n) is 15.9. The predicted octanol–water partition coefficient (Wildman–Crippen LogP) is 5.60. The summed E-state index contributed by atoms with van der Waals surface area (Å²) in [5, 5.41) is 0.802. The van der Waals surface area contributed by atoms with Crippen molar-refractivity contribution < 1.29 is 49.0 Å². The number of rotatable bonds is 1. The first-order chi connectivity index (χ1) is 19.7. The van der Waals surface area contributed by atoms with Crippen molar-refractivity contribution in [2.75, 3.05) is 0 Å². The molecule has 0 nitrogen and oxygen atoms in total. The van der Waals surface area contributed by atoms with Crippen LogP contribution in [0.4, 0.5) is 0 Å². The maximum absolute atomic E-state index is 5.66. The molecule has 0 N–H and O–H groups in total. The zero-order chi connectivity index (χ0) is 32.4. The Hall–Kier alpha value is -1.24. The van der Waals surface area contributed by atoms with Crippen LogP contribution in [0.3, 0.4) is 0 Å². The van der Waals surface area contributed by atoms with E-state index in [0.29, 0.717) is 0 Å². The van der Waals surface area contributed by atoms with Crippen LogP contribution < -0.4 is 24.8 Å². The summed E-state index contributed by atoms with van der Waals surface area (Å²) in [6.45, 7) is 28.0. The quantitative estimate of drug-likeness (QED) is 0.223. The van der Waals surface area contributed by atoms with Gasteiger partial charge in [-0.3, -0.25) is 6.08 Å². The Bertz CT molecular complexity index is 1410. The second-order valence-corrected chi connectivity index (χ2v) is 17.0. The van der Waals surface area contributed by atoms with Crippen LogP contribution in [0.25, 0.3) is 11.1 Å². The topological polar surface area (TPSA) is 0 Å². The molecular weight excluding hydrogens is 690 g/mol. The van der Waals surface area contributed by atoms with E-state index in [1.165, 1.54) is 74.3 Å². The van der Waals surface area contributed by atoms with E-state index in [1.54, 1.807) is 0 Å². The Morgan fingerprint density at radius 2 is 1.20 bits per heavy atom. The Morgan fingerprint density at radius 3 is 1.60 bits per heavy atom. The zero-order valence-electron chi connectivity index (χ0n) is 29.4. The van der Waals surface area contributed by atoms with E-state index in [2.05, 4.69) is 123 Å². The van der Waals surface area contributed by atoms with Gasteiger partial charge in [-0.1, -0.05) is 106 Å². The fourth-order valence-corrected chi connectivity index (χ4v) is 6.12. The number of hydrogen-bond acceptors (Lipinski definition) is 0. The van der Waals surface area contributed by atoms with E-state index in [0.717, 1.165) is 17.9 Å². The molecule has 0 fully saturated rings. The first-order valence-corrected chi connectivity index (χ1v) is 17.3. The van der Waals surface area contributed by atoms with Gasteiger partial charge < -0.3 is 24.8 Å². The van der Waals surface area contributed by atoms with E-state index < -0.39 is 0 Å². The SMILES string of the molecule is CC(C)(C)c1[c-]c2c(cc1C(C)(C)C)-c1cc(C(C)(C)C)c(C(C)(C)C)cc1C2.Clc1ccc([CH]=[Zr+2])cc1.[C-]1=CC=CC1.[Cl-].[Cl-]. The van der Waals surface area contributed by atoms with Crippen LogP contribution in [0.1, 0.15) is 128 Å². The van der Waals surface area contributed by atoms with Crippen molar-refractivity contribution in [2.45, 2.75) is 118 Å². The molecule has 3 aromatic carbocycles. The Labute approximate surface area is 307 Å². The summed E-state index contributed by atoms with van der Waals surface area (Å²) >= 11 is 7.08. The van der Waals surface area contributed by atoms with Gasteiger partial charge in [-0.15, -0.1) is 23.1 Å². The monoisotopic (exact) mass is 738 g/mol. The van der Waals surface area contributed by atoms with E-state index in [9.17, 15) is 0 Å². The summed E-state index contributed by atoms with van der Waals surface area (Å²) in [6, 6.07) is 19.2. The fraction of sp³-hybridized carbons (Fsp3) is 0.439. The zero-order valence-corrected chi connectivity index (χ0v) is 34.1. The molecule has 0 amide bonds. The van der Waals surface area contributed by atoms with Gasteiger partial charge in [0.1, 0.15) is 0 Å². The Kier molecular flexibility index (Phi) is 15.1. The minimum atomic E-state index is 0. The summed E-state index contributed by atoms with van der Waals surface area (Å²) in [5.74, 6) is 0. The predicted molar refractivity (Wildman–Crippen MR) is 187 cm³/mol. The third-order valence-corrected chi connectivity index (χ3v) is 8.93. The smallest absolute Gasteiger partial charge is 0.109 e. The third kappa shape index (κ3) is 11.2. The molecule has 4 heteroatoms. The molecule has 0 saturated heterocycles. The maximum atomic E-state index is 5.66. The standard InChI is InChI=1S/C29H41.C7H5Cl.C5H5.2ClH.Zr/c1-26(2,3)22-14-18-13-19-15-23(27(4,5)6)25(29(10,11)12)17-21(19)20(18)16-24(22)28(7,8)9;1-6-2-4-7(8)5-3-6;1-2-4-5-3-1;;;/h14,16-17H,13H2,1-12H3;1-5H;1-3H,4H2;2*1H;/q-1;;-1;;;+2/p-2. The van der Waals surface area contributed by atoms with Gasteiger partial charge in [-0.05, 0) is 39.4 Å². The van der Waals surface area contributed by atoms with Crippen molar-refractivity contribution in [3.63, 3.8) is 0 Å². The molecular formula is C41H51Cl3Zr-2. The largest absolute Gasteiger partial charge is 1.00 e. The van der Waals surface area contributed by atoms with Crippen LogP contribution in [0.2, 0.25) is 5.02 Å². The molecule has 242 valence electrons. The van der Waals surface area contributed by atoms with Crippen LogP contribution in [-0.4, -0.2) is 3.71 Å². The first kappa shape index (κ1) is 41.8. The van der Waals surface area contributed by atoms with Gasteiger partial charge >= 0.3 is 74.4 Å². The molecule has 45 heavy (non-hydrogen) atoms. The van der Waals surface area contributed by atoms with Crippen molar-refractivity contribution in [2.24, 2.45) is 0 Å². The molecule has 0 unspecified atom stereocenters. The molecule has 0 aliphatic heterocycles. The molecule has 2 aliphatic carbocycles. The normalized spacial score (nSPS) is 13.3. The fourth-order valence-electron chi connectivity index (χ4n) is 5.52. The average Bonchev–Trinajstić information content (AvgIpc) is 3.57. The van der Waals surface area contributed by atoms with Crippen LogP contribution in [0.5, 0.6) is 0 Å². The van der Waals surface area contributed by atoms with Crippen LogP contribution in [0, 0.1) is 12.1 Å². The van der Waals surface area contributed by atoms with Gasteiger partial charge in [0, 0.05) is 0 Å². The van der Waals surface area contributed by atoms with E-state index in [-0.39, 0.29) is 46.5 Å². The summed E-state index contributed by atoms with van der Waals surface area (Å²) in [5.41, 5.74) is 13.2. The van der Waals surface area contributed by atoms with Crippen LogP contribution in [-0.2, 0) is 52.3 Å². The first-order valence-electron chi connectivity index (χ1n) is 15.5. The second kappa shape index (κ2) is 16.2. The molecule has 0 atom stereocenters. The molecule has 0 saturated carbocycles. The van der Waals surface area contributed by atoms with Gasteiger partial charge in [0.2, 0.25) is 0 Å². The Morgan fingerprint density at radius 1 is 0.689 bits per heavy atom. The van der Waals surface area contributed by atoms with Crippen molar-refractivity contribution in [3.8, 4) is 11.1 Å². The van der Waals surface area contributed by atoms with Gasteiger partial charge in [0.05, 0.1) is 0 Å². The van der Waals surface area contributed by atoms with Crippen LogP contribution >= 0.6 is 11.6 Å². The summed E-state index contributed by atoms with van der Waals surface area (Å²) in [6.07, 6.45) is 11.0. The van der Waals surface area contributed by atoms with E-state index in [4.69, 9.17) is 11.6 Å². The minimum Gasteiger partial charge on any atom is -1.00 e. The number of benzene rings is 3. The van der Waals surface area contributed by atoms with E-state index in [1.807, 2.05) is 36.4 Å². The molecule has 0 spiro atoms. The van der Waals surface area contributed by atoms with Crippen molar-refractivity contribution >= 4 is 15.3 Å². The molecule has 0 bridgehead atoms. The van der Waals surface area contributed by atoms with Crippen molar-refractivity contribution in [3.05, 3.63) is 117 Å². The minimum absolute atomic E-state index is 0. The van der Waals surface area contributed by atoms with Crippen LogP contribution in [0.15, 0.2) is 60.7 Å². The summed E-state index contributed by atoms with van der Waals surface area (Å²) in [7, 11) is 0. The summed E-state index contributed by atoms with van der Waals surface area (Å²) in [4.78, 5) is 0. The number of allylic oxidation sites excluding steroid dienone is 4. The van der Waals surface area contributed by atoms with Gasteiger partial charge in [0.15, 0.2) is 0 Å². The van der Waals surface area contributed by atoms with Crippen molar-refractivity contribution in [1.29, 1.82) is 0 Å². The molecule has 0 aromatic heterocycles. The number of fused-ring (bicyclic) bond motifs is 3. The number of hydrogen-bond donors (Lipinski definition) is 0.